The average Bonchev–Trinajstić information content (AvgIpc) is 2.67. The van der Waals surface area contributed by atoms with E-state index in [1.165, 1.54) is 6.07 Å². The molecule has 0 saturated carbocycles. The molecule has 1 heterocycles. The lowest BCUT2D eigenvalue weighted by molar-refractivity contribution is 0.0996. The number of ether oxygens (including phenoxy) is 1. The molecule has 0 spiro atoms. The molecule has 0 aliphatic carbocycles. The third kappa shape index (κ3) is 4.24. The number of rotatable bonds is 6. The second kappa shape index (κ2) is 8.10. The molecule has 1 amide bonds. The van der Waals surface area contributed by atoms with Crippen LogP contribution in [0.15, 0.2) is 48.7 Å². The number of nitrogens with zero attached hydrogens (tertiary/aromatic N) is 1. The topological polar surface area (TPSA) is 101 Å². The summed E-state index contributed by atoms with van der Waals surface area (Å²) in [5.41, 5.74) is 8.59. The Balaban J connectivity index is 1.93. The Morgan fingerprint density at radius 2 is 1.90 bits per heavy atom. The summed E-state index contributed by atoms with van der Waals surface area (Å²) < 4.78 is 20.2. The first kappa shape index (κ1) is 20.0. The van der Waals surface area contributed by atoms with Crippen LogP contribution in [0.3, 0.4) is 0 Å². The van der Waals surface area contributed by atoms with Crippen molar-refractivity contribution in [1.82, 2.24) is 4.98 Å². The van der Waals surface area contributed by atoms with Crippen molar-refractivity contribution < 1.29 is 13.9 Å². The fourth-order valence-electron chi connectivity index (χ4n) is 3.09. The summed E-state index contributed by atoms with van der Waals surface area (Å²) in [4.78, 5) is 15.7. The molecular weight excluding hydrogens is 371 g/mol. The van der Waals surface area contributed by atoms with E-state index in [2.05, 4.69) is 10.3 Å². The number of benzene rings is 2. The number of aryl methyl sites for hydroxylation is 1. The van der Waals surface area contributed by atoms with Crippen LogP contribution in [0.1, 0.15) is 28.4 Å². The monoisotopic (exact) mass is 392 g/mol. The number of nitrogens with one attached hydrogen (secondary N) is 2. The van der Waals surface area contributed by atoms with Crippen LogP contribution in [-0.4, -0.2) is 23.7 Å². The number of carbonyl (C=O) groups excluding carboxylic acids is 1. The van der Waals surface area contributed by atoms with Gasteiger partial charge in [0.1, 0.15) is 17.3 Å². The highest BCUT2D eigenvalue weighted by atomic mass is 19.1. The first-order chi connectivity index (χ1) is 13.8. The minimum Gasteiger partial charge on any atom is -0.457 e. The third-order valence-electron chi connectivity index (χ3n) is 4.46. The number of amides is 1. The maximum atomic E-state index is 14.3. The number of anilines is 1. The number of primary amides is 1. The molecule has 0 radical (unpaired) electrons. The summed E-state index contributed by atoms with van der Waals surface area (Å²) in [6.07, 6.45) is 1.56. The Morgan fingerprint density at radius 3 is 2.52 bits per heavy atom. The molecule has 4 N–H and O–H groups in total. The van der Waals surface area contributed by atoms with Gasteiger partial charge in [0.15, 0.2) is 0 Å². The number of hydrogen-bond acceptors (Lipinski definition) is 5. The lowest BCUT2D eigenvalue weighted by Gasteiger charge is -2.12. The summed E-state index contributed by atoms with van der Waals surface area (Å²) in [6, 6.07) is 11.7. The van der Waals surface area contributed by atoms with Crippen molar-refractivity contribution in [2.75, 3.05) is 12.4 Å². The lowest BCUT2D eigenvalue weighted by atomic mass is 10.0. The van der Waals surface area contributed by atoms with Crippen molar-refractivity contribution in [2.24, 2.45) is 5.73 Å². The normalized spacial score (nSPS) is 10.5. The number of aromatic nitrogens is 1. The number of hydrogen-bond donors (Lipinski definition) is 3. The van der Waals surface area contributed by atoms with Crippen LogP contribution in [0.4, 0.5) is 10.1 Å². The molecule has 1 aromatic heterocycles. The zero-order valence-electron chi connectivity index (χ0n) is 16.3. The summed E-state index contributed by atoms with van der Waals surface area (Å²) in [5.74, 6) is -0.381. The van der Waals surface area contributed by atoms with E-state index in [1.807, 2.05) is 6.07 Å². The molecule has 6 nitrogen and oxygen atoms in total. The Kier molecular flexibility index (Phi) is 5.59. The molecule has 3 aromatic rings. The van der Waals surface area contributed by atoms with Crippen LogP contribution in [0, 0.1) is 18.2 Å². The molecular formula is C22H21FN4O2. The van der Waals surface area contributed by atoms with E-state index in [-0.39, 0.29) is 5.56 Å². The zero-order chi connectivity index (χ0) is 21.1. The molecule has 0 aliphatic heterocycles. The van der Waals surface area contributed by atoms with Crippen molar-refractivity contribution in [3.05, 3.63) is 71.2 Å². The number of halogens is 1. The van der Waals surface area contributed by atoms with Gasteiger partial charge in [0, 0.05) is 47.9 Å². The minimum atomic E-state index is -0.805. The highest BCUT2D eigenvalue weighted by Gasteiger charge is 2.15. The van der Waals surface area contributed by atoms with Crippen LogP contribution < -0.4 is 15.8 Å². The lowest BCUT2D eigenvalue weighted by Crippen LogP contribution is -2.15. The average molecular weight is 392 g/mol. The van der Waals surface area contributed by atoms with Crippen molar-refractivity contribution in [3.8, 4) is 22.8 Å². The van der Waals surface area contributed by atoms with Crippen molar-refractivity contribution in [1.29, 1.82) is 5.41 Å². The van der Waals surface area contributed by atoms with E-state index in [0.29, 0.717) is 34.0 Å². The second-order valence-electron chi connectivity index (χ2n) is 6.58. The molecule has 7 heteroatoms. The van der Waals surface area contributed by atoms with Gasteiger partial charge in [-0.25, -0.2) is 4.39 Å². The molecule has 3 rings (SSSR count). The van der Waals surface area contributed by atoms with Crippen molar-refractivity contribution in [3.63, 3.8) is 0 Å². The molecule has 0 fully saturated rings. The predicted molar refractivity (Wildman–Crippen MR) is 111 cm³/mol. The fraction of sp³-hybridized carbons (Fsp3) is 0.136. The highest BCUT2D eigenvalue weighted by molar-refractivity contribution is 6.01. The van der Waals surface area contributed by atoms with Crippen LogP contribution in [0.25, 0.3) is 11.3 Å². The first-order valence-corrected chi connectivity index (χ1v) is 8.91. The molecule has 29 heavy (non-hydrogen) atoms. The largest absolute Gasteiger partial charge is 0.457 e. The Hall–Kier alpha value is -3.74. The van der Waals surface area contributed by atoms with Crippen molar-refractivity contribution in [2.45, 2.75) is 13.8 Å². The SMILES string of the molecule is CNc1cc(Oc2ccnc(-c3cc(C)c(C(N)=O)c(F)c3)c2)ccc1C(C)=N. The maximum absolute atomic E-state index is 14.3. The fourth-order valence-corrected chi connectivity index (χ4v) is 3.09. The Morgan fingerprint density at radius 1 is 1.17 bits per heavy atom. The summed E-state index contributed by atoms with van der Waals surface area (Å²) in [6.45, 7) is 3.34. The van der Waals surface area contributed by atoms with Crippen LogP contribution in [0.5, 0.6) is 11.5 Å². The van der Waals surface area contributed by atoms with Gasteiger partial charge in [-0.2, -0.15) is 0 Å². The number of nitrogens with two attached hydrogens (primary N) is 1. The van der Waals surface area contributed by atoms with Gasteiger partial charge in [-0.15, -0.1) is 0 Å². The van der Waals surface area contributed by atoms with Gasteiger partial charge in [0.25, 0.3) is 5.91 Å². The van der Waals surface area contributed by atoms with Gasteiger partial charge in [-0.1, -0.05) is 0 Å². The third-order valence-corrected chi connectivity index (χ3v) is 4.46. The van der Waals surface area contributed by atoms with Gasteiger partial charge >= 0.3 is 0 Å². The van der Waals surface area contributed by atoms with Crippen LogP contribution >= 0.6 is 0 Å². The molecule has 0 bridgehead atoms. The number of carbonyl (C=O) groups is 1. The quantitative estimate of drug-likeness (QED) is 0.537. The van der Waals surface area contributed by atoms with Gasteiger partial charge in [-0.05, 0) is 49.7 Å². The molecule has 0 aliphatic rings. The van der Waals surface area contributed by atoms with Crippen LogP contribution in [0.2, 0.25) is 0 Å². The maximum Gasteiger partial charge on any atom is 0.251 e. The molecule has 148 valence electrons. The number of pyridine rings is 1. The highest BCUT2D eigenvalue weighted by Crippen LogP contribution is 2.30. The van der Waals surface area contributed by atoms with E-state index < -0.39 is 11.7 Å². The smallest absolute Gasteiger partial charge is 0.251 e. The second-order valence-corrected chi connectivity index (χ2v) is 6.58. The summed E-state index contributed by atoms with van der Waals surface area (Å²) in [5, 5.41) is 10.9. The van der Waals surface area contributed by atoms with Gasteiger partial charge < -0.3 is 21.2 Å². The van der Waals surface area contributed by atoms with E-state index in [9.17, 15) is 9.18 Å². The van der Waals surface area contributed by atoms with Crippen molar-refractivity contribution >= 4 is 17.3 Å². The summed E-state index contributed by atoms with van der Waals surface area (Å²) >= 11 is 0. The molecule has 0 unspecified atom stereocenters. The van der Waals surface area contributed by atoms with Gasteiger partial charge in [0.05, 0.1) is 11.3 Å². The van der Waals surface area contributed by atoms with E-state index >= 15 is 0 Å². The molecule has 0 saturated heterocycles. The standard InChI is InChI=1S/C22H21FN4O2/c1-12-8-14(9-18(23)21(12)22(25)28)19-10-16(6-7-27-19)29-15-4-5-17(13(2)24)20(11-15)26-3/h4-11,24,26H,1-3H3,(H2,25,28). The molecule has 2 aromatic carbocycles. The Labute approximate surface area is 168 Å². The van der Waals surface area contributed by atoms with E-state index in [1.54, 1.807) is 57.4 Å². The minimum absolute atomic E-state index is 0.123. The first-order valence-electron chi connectivity index (χ1n) is 8.91. The molecule has 0 atom stereocenters. The zero-order valence-corrected chi connectivity index (χ0v) is 16.3. The summed E-state index contributed by atoms with van der Waals surface area (Å²) in [7, 11) is 1.78. The Bertz CT molecular complexity index is 1090. The van der Waals surface area contributed by atoms with E-state index in [4.69, 9.17) is 15.9 Å². The van der Waals surface area contributed by atoms with Gasteiger partial charge in [-0.3, -0.25) is 9.78 Å². The van der Waals surface area contributed by atoms with E-state index in [0.717, 1.165) is 11.3 Å². The van der Waals surface area contributed by atoms with Gasteiger partial charge in [0.2, 0.25) is 0 Å². The van der Waals surface area contributed by atoms with Crippen LogP contribution in [-0.2, 0) is 0 Å². The predicted octanol–water partition coefficient (Wildman–Crippen LogP) is 4.52.